The molecule has 1 aliphatic rings. The van der Waals surface area contributed by atoms with E-state index in [0.717, 1.165) is 16.6 Å². The SMILES string of the molecule is O=C(Nc1nc2c(s1)CN(C(=O)Nc1ccccc1C(F)(F)F)CC2)c1ccccn1. The van der Waals surface area contributed by atoms with Crippen molar-refractivity contribution < 1.29 is 22.8 Å². The van der Waals surface area contributed by atoms with Crippen molar-refractivity contribution in [2.45, 2.75) is 19.1 Å². The number of carbonyl (C=O) groups excluding carboxylic acids is 2. The summed E-state index contributed by atoms with van der Waals surface area (Å²) in [4.78, 5) is 35.4. The molecule has 2 aromatic heterocycles. The topological polar surface area (TPSA) is 87.2 Å². The maximum Gasteiger partial charge on any atom is 0.418 e. The van der Waals surface area contributed by atoms with E-state index in [-0.39, 0.29) is 17.9 Å². The highest BCUT2D eigenvalue weighted by Crippen LogP contribution is 2.35. The van der Waals surface area contributed by atoms with Gasteiger partial charge >= 0.3 is 12.2 Å². The highest BCUT2D eigenvalue weighted by molar-refractivity contribution is 7.15. The first-order valence-corrected chi connectivity index (χ1v) is 10.1. The zero-order valence-corrected chi connectivity index (χ0v) is 16.8. The van der Waals surface area contributed by atoms with Crippen LogP contribution < -0.4 is 10.6 Å². The third kappa shape index (κ3) is 4.66. The van der Waals surface area contributed by atoms with E-state index in [1.54, 1.807) is 18.2 Å². The molecule has 31 heavy (non-hydrogen) atoms. The maximum absolute atomic E-state index is 13.2. The molecule has 0 saturated heterocycles. The number of halogens is 3. The minimum absolute atomic E-state index is 0.187. The summed E-state index contributed by atoms with van der Waals surface area (Å²) >= 11 is 1.22. The number of benzene rings is 1. The second kappa shape index (κ2) is 8.34. The van der Waals surface area contributed by atoms with Crippen molar-refractivity contribution in [2.75, 3.05) is 17.2 Å². The molecular formula is C20H16F3N5O2S. The Balaban J connectivity index is 1.44. The average Bonchev–Trinajstić information content (AvgIpc) is 3.15. The monoisotopic (exact) mass is 447 g/mol. The van der Waals surface area contributed by atoms with Crippen LogP contribution in [0.25, 0.3) is 0 Å². The molecule has 0 saturated carbocycles. The molecule has 3 heterocycles. The van der Waals surface area contributed by atoms with Gasteiger partial charge in [-0.15, -0.1) is 0 Å². The van der Waals surface area contributed by atoms with Crippen LogP contribution in [0.4, 0.5) is 28.8 Å². The summed E-state index contributed by atoms with van der Waals surface area (Å²) in [5.74, 6) is -0.398. The van der Waals surface area contributed by atoms with Crippen molar-refractivity contribution in [3.63, 3.8) is 0 Å². The van der Waals surface area contributed by atoms with Gasteiger partial charge in [0.05, 0.1) is 23.5 Å². The molecule has 0 atom stereocenters. The van der Waals surface area contributed by atoms with Gasteiger partial charge in [0.25, 0.3) is 5.91 Å². The molecule has 2 N–H and O–H groups in total. The Morgan fingerprint density at radius 2 is 1.84 bits per heavy atom. The van der Waals surface area contributed by atoms with Crippen LogP contribution in [-0.4, -0.2) is 33.4 Å². The van der Waals surface area contributed by atoms with Crippen molar-refractivity contribution in [2.24, 2.45) is 0 Å². The number of nitrogens with zero attached hydrogens (tertiary/aromatic N) is 3. The second-order valence-electron chi connectivity index (χ2n) is 6.70. The van der Waals surface area contributed by atoms with Crippen LogP contribution in [0.1, 0.15) is 26.6 Å². The number of carbonyl (C=O) groups is 2. The van der Waals surface area contributed by atoms with E-state index in [9.17, 15) is 22.8 Å². The van der Waals surface area contributed by atoms with E-state index in [4.69, 9.17) is 0 Å². The third-order valence-electron chi connectivity index (χ3n) is 4.61. The first-order valence-electron chi connectivity index (χ1n) is 9.24. The Kier molecular flexibility index (Phi) is 5.59. The lowest BCUT2D eigenvalue weighted by Gasteiger charge is -2.26. The Morgan fingerprint density at radius 3 is 2.58 bits per heavy atom. The van der Waals surface area contributed by atoms with Crippen molar-refractivity contribution in [1.82, 2.24) is 14.9 Å². The molecule has 0 unspecified atom stereocenters. The van der Waals surface area contributed by atoms with Gasteiger partial charge in [-0.2, -0.15) is 13.2 Å². The zero-order valence-electron chi connectivity index (χ0n) is 15.9. The standard InChI is InChI=1S/C20H16F3N5O2S/c21-20(22,23)12-5-1-2-6-13(12)26-19(30)28-10-8-14-16(11-28)31-18(25-14)27-17(29)15-7-3-4-9-24-15/h1-7,9H,8,10-11H2,(H,26,30)(H,25,27,29). The number of nitrogens with one attached hydrogen (secondary N) is 2. The van der Waals surface area contributed by atoms with Gasteiger partial charge in [-0.25, -0.2) is 9.78 Å². The average molecular weight is 447 g/mol. The van der Waals surface area contributed by atoms with E-state index in [0.29, 0.717) is 18.1 Å². The number of thiazole rings is 1. The summed E-state index contributed by atoms with van der Waals surface area (Å²) in [7, 11) is 0. The van der Waals surface area contributed by atoms with Gasteiger partial charge in [0.1, 0.15) is 5.69 Å². The van der Waals surface area contributed by atoms with Gasteiger partial charge in [-0.3, -0.25) is 15.1 Å². The summed E-state index contributed by atoms with van der Waals surface area (Å²) in [5, 5.41) is 5.42. The molecule has 3 aromatic rings. The second-order valence-corrected chi connectivity index (χ2v) is 7.79. The number of amides is 3. The number of hydrogen-bond acceptors (Lipinski definition) is 5. The van der Waals surface area contributed by atoms with Gasteiger partial charge in [0.2, 0.25) is 0 Å². The van der Waals surface area contributed by atoms with Crippen molar-refractivity contribution in [3.05, 3.63) is 70.5 Å². The minimum Gasteiger partial charge on any atom is -0.319 e. The molecule has 0 bridgehead atoms. The van der Waals surface area contributed by atoms with Gasteiger partial charge in [0, 0.05) is 24.0 Å². The predicted molar refractivity (Wildman–Crippen MR) is 109 cm³/mol. The lowest BCUT2D eigenvalue weighted by atomic mass is 10.1. The molecule has 0 radical (unpaired) electrons. The number of para-hydroxylation sites is 1. The largest absolute Gasteiger partial charge is 0.418 e. The first kappa shape index (κ1) is 20.8. The molecule has 7 nitrogen and oxygen atoms in total. The van der Waals surface area contributed by atoms with Crippen LogP contribution in [0.3, 0.4) is 0 Å². The van der Waals surface area contributed by atoms with E-state index in [2.05, 4.69) is 20.6 Å². The quantitative estimate of drug-likeness (QED) is 0.623. The highest BCUT2D eigenvalue weighted by Gasteiger charge is 2.34. The summed E-state index contributed by atoms with van der Waals surface area (Å²) in [6, 6.07) is 9.18. The van der Waals surface area contributed by atoms with E-state index in [1.165, 1.54) is 40.6 Å². The molecule has 0 spiro atoms. The number of aromatic nitrogens is 2. The number of hydrogen-bond donors (Lipinski definition) is 2. The number of rotatable bonds is 3. The summed E-state index contributed by atoms with van der Waals surface area (Å²) in [6.45, 7) is 0.483. The third-order valence-corrected chi connectivity index (χ3v) is 5.61. The van der Waals surface area contributed by atoms with Gasteiger partial charge in [-0.05, 0) is 24.3 Å². The van der Waals surface area contributed by atoms with Gasteiger partial charge < -0.3 is 10.2 Å². The molecule has 1 aliphatic heterocycles. The van der Waals surface area contributed by atoms with Crippen LogP contribution >= 0.6 is 11.3 Å². The Hall–Kier alpha value is -3.47. The number of fused-ring (bicyclic) bond motifs is 1. The van der Waals surface area contributed by atoms with Crippen LogP contribution in [0.15, 0.2) is 48.7 Å². The number of alkyl halides is 3. The first-order chi connectivity index (χ1) is 14.8. The Morgan fingerprint density at radius 1 is 1.06 bits per heavy atom. The van der Waals surface area contributed by atoms with E-state index in [1.807, 2.05) is 0 Å². The molecule has 0 fully saturated rings. The fourth-order valence-corrected chi connectivity index (χ4v) is 4.13. The molecule has 1 aromatic carbocycles. The summed E-state index contributed by atoms with van der Waals surface area (Å²) < 4.78 is 39.5. The normalized spacial score (nSPS) is 13.5. The molecule has 11 heteroatoms. The van der Waals surface area contributed by atoms with Crippen LogP contribution in [0.5, 0.6) is 0 Å². The van der Waals surface area contributed by atoms with Crippen LogP contribution in [-0.2, 0) is 19.1 Å². The van der Waals surface area contributed by atoms with E-state index >= 15 is 0 Å². The predicted octanol–water partition coefficient (Wildman–Crippen LogP) is 4.40. The zero-order chi connectivity index (χ0) is 22.0. The van der Waals surface area contributed by atoms with E-state index < -0.39 is 23.7 Å². The minimum atomic E-state index is -4.57. The maximum atomic E-state index is 13.2. The van der Waals surface area contributed by atoms with Crippen molar-refractivity contribution >= 4 is 34.1 Å². The smallest absolute Gasteiger partial charge is 0.319 e. The number of urea groups is 1. The number of anilines is 2. The molecule has 0 aliphatic carbocycles. The molecule has 3 amide bonds. The van der Waals surface area contributed by atoms with Crippen molar-refractivity contribution in [3.8, 4) is 0 Å². The van der Waals surface area contributed by atoms with Crippen molar-refractivity contribution in [1.29, 1.82) is 0 Å². The fourth-order valence-electron chi connectivity index (χ4n) is 3.11. The lowest BCUT2D eigenvalue weighted by Crippen LogP contribution is -2.38. The van der Waals surface area contributed by atoms with Gasteiger partial charge in [0.15, 0.2) is 5.13 Å². The fraction of sp³-hybridized carbons (Fsp3) is 0.200. The summed E-state index contributed by atoms with van der Waals surface area (Å²) in [5.41, 5.74) is -0.196. The van der Waals surface area contributed by atoms with Crippen LogP contribution in [0.2, 0.25) is 0 Å². The molecule has 4 rings (SSSR count). The van der Waals surface area contributed by atoms with Crippen LogP contribution in [0, 0.1) is 0 Å². The Bertz CT molecular complexity index is 1120. The lowest BCUT2D eigenvalue weighted by molar-refractivity contribution is -0.136. The Labute approximate surface area is 178 Å². The molecular weight excluding hydrogens is 431 g/mol. The molecule has 160 valence electrons. The number of pyridine rings is 1. The van der Waals surface area contributed by atoms with Gasteiger partial charge in [-0.1, -0.05) is 29.5 Å². The summed E-state index contributed by atoms with van der Waals surface area (Å²) in [6.07, 6.45) is -2.63. The highest BCUT2D eigenvalue weighted by atomic mass is 32.1.